The van der Waals surface area contributed by atoms with E-state index in [0.29, 0.717) is 19.5 Å². The van der Waals surface area contributed by atoms with Gasteiger partial charge in [0.15, 0.2) is 4.32 Å². The minimum Gasteiger partial charge on any atom is -0.439 e. The monoisotopic (exact) mass is 415 g/mol. The molecule has 3 aromatic carbocycles. The molecule has 6 heteroatoms. The zero-order valence-corrected chi connectivity index (χ0v) is 16.7. The molecule has 0 heterocycles. The van der Waals surface area contributed by atoms with Gasteiger partial charge >= 0.3 is 0 Å². The number of para-hydroxylation sites is 2. The Morgan fingerprint density at radius 2 is 1.27 bits per heavy atom. The van der Waals surface area contributed by atoms with Gasteiger partial charge in [-0.05, 0) is 72.5 Å². The van der Waals surface area contributed by atoms with Crippen LogP contribution >= 0.6 is 47.8 Å². The molecular formula is C20H14ClNOS3. The molecule has 0 bridgehead atoms. The fourth-order valence-electron chi connectivity index (χ4n) is 2.25. The molecule has 0 aliphatic carbocycles. The normalized spacial score (nSPS) is 10.2. The Balaban J connectivity index is 1.77. The largest absolute Gasteiger partial charge is 0.439 e. The van der Waals surface area contributed by atoms with Crippen LogP contribution in [0.25, 0.3) is 0 Å². The number of thioether (sulfide) groups is 1. The van der Waals surface area contributed by atoms with Crippen LogP contribution < -0.4 is 9.64 Å². The zero-order valence-electron chi connectivity index (χ0n) is 13.5. The van der Waals surface area contributed by atoms with Crippen molar-refractivity contribution in [2.24, 2.45) is 0 Å². The second kappa shape index (κ2) is 9.14. The molecule has 0 amide bonds. The minimum atomic E-state index is 0.328. The predicted octanol–water partition coefficient (Wildman–Crippen LogP) is 6.86. The van der Waals surface area contributed by atoms with Crippen LogP contribution in [0, 0.1) is 0 Å². The number of benzene rings is 3. The SMILES string of the molecule is S=C(Oc1ccc(Cl)cc1)SC(=S)N(c1ccccc1)c1ccccc1. The first kappa shape index (κ1) is 18.9. The van der Waals surface area contributed by atoms with Crippen LogP contribution in [-0.4, -0.2) is 8.70 Å². The summed E-state index contributed by atoms with van der Waals surface area (Å²) < 4.78 is 6.60. The topological polar surface area (TPSA) is 12.5 Å². The number of hydrogen-bond acceptors (Lipinski definition) is 4. The number of thiocarbonyl (C=S) groups is 2. The number of ether oxygens (including phenoxy) is 1. The van der Waals surface area contributed by atoms with Crippen LogP contribution in [0.5, 0.6) is 5.75 Å². The number of hydrogen-bond donors (Lipinski definition) is 0. The van der Waals surface area contributed by atoms with Crippen molar-refractivity contribution >= 4 is 67.9 Å². The lowest BCUT2D eigenvalue weighted by Crippen LogP contribution is -2.23. The van der Waals surface area contributed by atoms with Gasteiger partial charge in [-0.15, -0.1) is 0 Å². The first-order chi connectivity index (χ1) is 12.6. The van der Waals surface area contributed by atoms with Crippen molar-refractivity contribution in [2.75, 3.05) is 4.90 Å². The first-order valence-corrected chi connectivity index (χ1v) is 9.74. The van der Waals surface area contributed by atoms with E-state index in [1.54, 1.807) is 24.3 Å². The van der Waals surface area contributed by atoms with Gasteiger partial charge in [0.25, 0.3) is 0 Å². The molecule has 0 saturated heterocycles. The second-order valence-corrected chi connectivity index (χ2v) is 7.85. The van der Waals surface area contributed by atoms with E-state index in [4.69, 9.17) is 40.8 Å². The molecule has 0 unspecified atom stereocenters. The van der Waals surface area contributed by atoms with Crippen molar-refractivity contribution in [3.05, 3.63) is 90.0 Å². The van der Waals surface area contributed by atoms with Crippen LogP contribution in [0.3, 0.4) is 0 Å². The summed E-state index contributed by atoms with van der Waals surface area (Å²) in [5.41, 5.74) is 1.93. The van der Waals surface area contributed by atoms with E-state index in [9.17, 15) is 0 Å². The molecule has 2 nitrogen and oxygen atoms in total. The third-order valence-electron chi connectivity index (χ3n) is 3.40. The number of rotatable bonds is 3. The standard InChI is InChI=1S/C20H14ClNOS3/c21-15-11-13-18(14-12-15)23-20(25)26-19(24)22(16-7-3-1-4-8-16)17-9-5-2-6-10-17/h1-14H. The highest BCUT2D eigenvalue weighted by Crippen LogP contribution is 2.30. The van der Waals surface area contributed by atoms with Gasteiger partial charge in [0.05, 0.1) is 0 Å². The minimum absolute atomic E-state index is 0.328. The third-order valence-corrected chi connectivity index (χ3v) is 5.02. The predicted molar refractivity (Wildman–Crippen MR) is 120 cm³/mol. The van der Waals surface area contributed by atoms with E-state index in [1.807, 2.05) is 65.6 Å². The number of halogens is 1. The summed E-state index contributed by atoms with van der Waals surface area (Å²) in [6.07, 6.45) is 0. The van der Waals surface area contributed by atoms with E-state index in [-0.39, 0.29) is 0 Å². The van der Waals surface area contributed by atoms with E-state index in [2.05, 4.69) is 0 Å². The Kier molecular flexibility index (Phi) is 6.63. The molecule has 0 aliphatic heterocycles. The first-order valence-electron chi connectivity index (χ1n) is 7.73. The van der Waals surface area contributed by atoms with E-state index < -0.39 is 0 Å². The Morgan fingerprint density at radius 3 is 1.77 bits per heavy atom. The van der Waals surface area contributed by atoms with Crippen molar-refractivity contribution in [3.8, 4) is 5.75 Å². The molecule has 0 aromatic heterocycles. The van der Waals surface area contributed by atoms with Gasteiger partial charge in [-0.3, -0.25) is 4.90 Å². The summed E-state index contributed by atoms with van der Waals surface area (Å²) in [5.74, 6) is 0.626. The smallest absolute Gasteiger partial charge is 0.232 e. The summed E-state index contributed by atoms with van der Waals surface area (Å²) in [4.78, 5) is 1.97. The Labute approximate surface area is 172 Å². The molecule has 0 N–H and O–H groups in total. The lowest BCUT2D eigenvalue weighted by atomic mass is 10.2. The van der Waals surface area contributed by atoms with Gasteiger partial charge in [-0.1, -0.05) is 60.2 Å². The van der Waals surface area contributed by atoms with Crippen molar-refractivity contribution in [2.45, 2.75) is 0 Å². The molecule has 0 radical (unpaired) electrons. The maximum absolute atomic E-state index is 5.89. The Bertz CT molecular complexity index is 846. The lowest BCUT2D eigenvalue weighted by molar-refractivity contribution is 0.579. The zero-order chi connectivity index (χ0) is 18.4. The van der Waals surface area contributed by atoms with Crippen LogP contribution in [-0.2, 0) is 0 Å². The van der Waals surface area contributed by atoms with E-state index in [1.165, 1.54) is 11.8 Å². The molecule has 3 rings (SSSR count). The Hall–Kier alpha value is -1.92. The molecule has 0 saturated carbocycles. The maximum atomic E-state index is 5.89. The van der Waals surface area contributed by atoms with Crippen LogP contribution in [0.4, 0.5) is 11.4 Å². The number of nitrogens with zero attached hydrogens (tertiary/aromatic N) is 1. The van der Waals surface area contributed by atoms with Crippen LogP contribution in [0.2, 0.25) is 5.02 Å². The van der Waals surface area contributed by atoms with Gasteiger partial charge in [-0.2, -0.15) is 0 Å². The molecule has 0 atom stereocenters. The summed E-state index contributed by atoms with van der Waals surface area (Å²) in [6.45, 7) is 0. The fourth-order valence-corrected chi connectivity index (χ4v) is 3.89. The molecule has 26 heavy (non-hydrogen) atoms. The van der Waals surface area contributed by atoms with Crippen LogP contribution in [0.1, 0.15) is 0 Å². The molecule has 130 valence electrons. The van der Waals surface area contributed by atoms with Gasteiger partial charge in [0.2, 0.25) is 4.38 Å². The highest BCUT2D eigenvalue weighted by atomic mass is 35.5. The highest BCUT2D eigenvalue weighted by Gasteiger charge is 2.17. The molecule has 3 aromatic rings. The third kappa shape index (κ3) is 5.05. The molecule has 0 fully saturated rings. The average molecular weight is 416 g/mol. The van der Waals surface area contributed by atoms with E-state index in [0.717, 1.165) is 11.4 Å². The fraction of sp³-hybridized carbons (Fsp3) is 0. The summed E-state index contributed by atoms with van der Waals surface area (Å²) in [6, 6.07) is 26.9. The summed E-state index contributed by atoms with van der Waals surface area (Å²) >= 11 is 18.1. The maximum Gasteiger partial charge on any atom is 0.232 e. The van der Waals surface area contributed by atoms with Crippen molar-refractivity contribution < 1.29 is 4.74 Å². The number of anilines is 2. The Morgan fingerprint density at radius 1 is 0.769 bits per heavy atom. The summed E-state index contributed by atoms with van der Waals surface area (Å²) in [7, 11) is 0. The van der Waals surface area contributed by atoms with Gasteiger partial charge in [0.1, 0.15) is 5.75 Å². The molecule has 0 aliphatic rings. The van der Waals surface area contributed by atoms with Crippen molar-refractivity contribution in [3.63, 3.8) is 0 Å². The van der Waals surface area contributed by atoms with E-state index >= 15 is 0 Å². The average Bonchev–Trinajstić information content (AvgIpc) is 2.65. The van der Waals surface area contributed by atoms with Crippen molar-refractivity contribution in [1.29, 1.82) is 0 Å². The summed E-state index contributed by atoms with van der Waals surface area (Å²) in [5, 5.41) is 0.644. The quantitative estimate of drug-likeness (QED) is 0.432. The van der Waals surface area contributed by atoms with Gasteiger partial charge in [-0.25, -0.2) is 0 Å². The van der Waals surface area contributed by atoms with Gasteiger partial charge in [0, 0.05) is 16.4 Å². The van der Waals surface area contributed by atoms with Gasteiger partial charge < -0.3 is 4.74 Å². The molecular weight excluding hydrogens is 402 g/mol. The lowest BCUT2D eigenvalue weighted by Gasteiger charge is -2.25. The second-order valence-electron chi connectivity index (χ2n) is 5.18. The van der Waals surface area contributed by atoms with Crippen molar-refractivity contribution in [1.82, 2.24) is 0 Å². The molecule has 0 spiro atoms. The van der Waals surface area contributed by atoms with Crippen LogP contribution in [0.15, 0.2) is 84.9 Å². The highest BCUT2D eigenvalue weighted by molar-refractivity contribution is 8.38.